The Kier molecular flexibility index (Phi) is 5.92. The van der Waals surface area contributed by atoms with Crippen LogP contribution in [0.2, 0.25) is 0 Å². The van der Waals surface area contributed by atoms with Crippen LogP contribution in [0.5, 0.6) is 5.88 Å². The van der Waals surface area contributed by atoms with Gasteiger partial charge in [-0.2, -0.15) is 4.98 Å². The first kappa shape index (κ1) is 22.2. The third-order valence-corrected chi connectivity index (χ3v) is 8.17. The van der Waals surface area contributed by atoms with Gasteiger partial charge in [0.15, 0.2) is 0 Å². The minimum absolute atomic E-state index is 0.155. The van der Waals surface area contributed by atoms with Crippen LogP contribution >= 0.6 is 11.3 Å². The highest BCUT2D eigenvalue weighted by Gasteiger charge is 2.33. The zero-order valence-electron chi connectivity index (χ0n) is 19.7. The summed E-state index contributed by atoms with van der Waals surface area (Å²) in [6.45, 7) is 8.65. The van der Waals surface area contributed by atoms with Crippen LogP contribution in [0.4, 0.5) is 11.6 Å². The van der Waals surface area contributed by atoms with Gasteiger partial charge in [-0.05, 0) is 45.1 Å². The van der Waals surface area contributed by atoms with Gasteiger partial charge in [0.1, 0.15) is 22.9 Å². The van der Waals surface area contributed by atoms with Gasteiger partial charge in [-0.25, -0.2) is 4.98 Å². The Hall–Kier alpha value is -2.27. The summed E-state index contributed by atoms with van der Waals surface area (Å²) in [6, 6.07) is 0.631. The van der Waals surface area contributed by atoms with Crippen LogP contribution in [0, 0.1) is 0 Å². The first-order chi connectivity index (χ1) is 16.5. The van der Waals surface area contributed by atoms with Crippen molar-refractivity contribution in [2.75, 3.05) is 31.6 Å². The first-order valence-corrected chi connectivity index (χ1v) is 13.0. The van der Waals surface area contributed by atoms with E-state index in [4.69, 9.17) is 28.7 Å². The molecule has 3 aromatic heterocycles. The fourth-order valence-electron chi connectivity index (χ4n) is 5.28. The smallest absolute Gasteiger partial charge is 0.232 e. The molecule has 9 nitrogen and oxygen atoms in total. The third-order valence-electron chi connectivity index (χ3n) is 7.07. The van der Waals surface area contributed by atoms with Crippen molar-refractivity contribution in [2.24, 2.45) is 0 Å². The Balaban J connectivity index is 1.27. The van der Waals surface area contributed by atoms with Crippen LogP contribution < -0.4 is 10.1 Å². The molecule has 0 amide bonds. The summed E-state index contributed by atoms with van der Waals surface area (Å²) in [5, 5.41) is 8.00. The van der Waals surface area contributed by atoms with Crippen LogP contribution in [0.25, 0.3) is 10.2 Å². The lowest BCUT2D eigenvalue weighted by Gasteiger charge is -2.38. The lowest BCUT2D eigenvalue weighted by Crippen LogP contribution is -2.46. The summed E-state index contributed by atoms with van der Waals surface area (Å²) in [7, 11) is 0. The average molecular weight is 486 g/mol. The average Bonchev–Trinajstić information content (AvgIpc) is 3.47. The first-order valence-electron chi connectivity index (χ1n) is 12.2. The second kappa shape index (κ2) is 9.07. The van der Waals surface area contributed by atoms with Gasteiger partial charge in [0.2, 0.25) is 11.8 Å². The molecule has 2 fully saturated rings. The fraction of sp³-hybridized carbons (Fsp3) is 0.625. The minimum Gasteiger partial charge on any atom is -0.474 e. The lowest BCUT2D eigenvalue weighted by atomic mass is 9.91. The van der Waals surface area contributed by atoms with Gasteiger partial charge in [-0.3, -0.25) is 4.90 Å². The van der Waals surface area contributed by atoms with E-state index in [1.54, 1.807) is 17.5 Å². The predicted molar refractivity (Wildman–Crippen MR) is 129 cm³/mol. The van der Waals surface area contributed by atoms with Crippen molar-refractivity contribution in [1.82, 2.24) is 20.0 Å². The van der Waals surface area contributed by atoms with Gasteiger partial charge < -0.3 is 24.1 Å². The van der Waals surface area contributed by atoms with Gasteiger partial charge in [0, 0.05) is 30.4 Å². The van der Waals surface area contributed by atoms with E-state index in [1.807, 2.05) is 0 Å². The largest absolute Gasteiger partial charge is 0.474 e. The highest BCUT2D eigenvalue weighted by molar-refractivity contribution is 7.18. The molecule has 1 saturated heterocycles. The van der Waals surface area contributed by atoms with E-state index in [0.717, 1.165) is 68.6 Å². The van der Waals surface area contributed by atoms with E-state index < -0.39 is 0 Å². The normalized spacial score (nSPS) is 25.2. The molecule has 0 atom stereocenters. The van der Waals surface area contributed by atoms with Gasteiger partial charge in [-0.15, -0.1) is 11.3 Å². The number of nitrogens with zero attached hydrogens (tertiary/aromatic N) is 4. The zero-order chi connectivity index (χ0) is 23.1. The SMILES string of the molecule is CC1(C)Cc2c(sc3nc(Nc4cnoc4)nc(O[C@H]4CC[C@H](N5CCOCC5)CC4)c23)CO1. The number of hydrogen-bond acceptors (Lipinski definition) is 10. The molecule has 0 aromatic carbocycles. The molecule has 0 bridgehead atoms. The van der Waals surface area contributed by atoms with E-state index in [-0.39, 0.29) is 11.7 Å². The molecule has 10 heteroatoms. The van der Waals surface area contributed by atoms with Crippen LogP contribution in [-0.4, -0.2) is 64.1 Å². The monoisotopic (exact) mass is 485 g/mol. The third kappa shape index (κ3) is 4.51. The number of thiophene rings is 1. The molecule has 0 unspecified atom stereocenters. The topological polar surface area (TPSA) is 94.8 Å². The Morgan fingerprint density at radius 2 is 1.97 bits per heavy atom. The summed E-state index contributed by atoms with van der Waals surface area (Å²) in [5.41, 5.74) is 1.76. The molecular formula is C24H31N5O4S. The number of aromatic nitrogens is 3. The maximum atomic E-state index is 6.65. The standard InChI is InChI=1S/C24H31N5O4S/c1-24(2)11-18-19(14-31-24)34-22-20(18)21(27-23(28-22)26-15-12-25-32-13-15)33-17-5-3-16(4-6-17)29-7-9-30-10-8-29/h12-13,16-17H,3-11,14H2,1-2H3,(H,26,27,28)/t16-,17-. The summed E-state index contributed by atoms with van der Waals surface area (Å²) < 4.78 is 23.2. The number of hydrogen-bond donors (Lipinski definition) is 1. The van der Waals surface area contributed by atoms with Crippen LogP contribution in [0.1, 0.15) is 50.0 Å². The summed E-state index contributed by atoms with van der Waals surface area (Å²) in [5.74, 6) is 1.17. The van der Waals surface area contributed by atoms with Crippen molar-refractivity contribution >= 4 is 33.2 Å². The highest BCUT2D eigenvalue weighted by Crippen LogP contribution is 2.43. The molecule has 3 aromatic rings. The summed E-state index contributed by atoms with van der Waals surface area (Å²) in [6.07, 6.45) is 8.48. The molecule has 34 heavy (non-hydrogen) atoms. The van der Waals surface area contributed by atoms with Crippen molar-refractivity contribution in [3.8, 4) is 5.88 Å². The van der Waals surface area contributed by atoms with Gasteiger partial charge in [-0.1, -0.05) is 5.16 Å². The summed E-state index contributed by atoms with van der Waals surface area (Å²) >= 11 is 1.67. The number of morpholine rings is 1. The Labute approximate surface area is 202 Å². The number of anilines is 2. The van der Waals surface area contributed by atoms with Gasteiger partial charge in [0.25, 0.3) is 0 Å². The van der Waals surface area contributed by atoms with E-state index in [1.165, 1.54) is 16.7 Å². The van der Waals surface area contributed by atoms with E-state index >= 15 is 0 Å². The molecule has 1 aliphatic carbocycles. The number of nitrogens with one attached hydrogen (secondary N) is 1. The van der Waals surface area contributed by atoms with Crippen molar-refractivity contribution in [2.45, 2.75) is 70.3 Å². The molecule has 1 N–H and O–H groups in total. The van der Waals surface area contributed by atoms with Crippen molar-refractivity contribution in [3.05, 3.63) is 22.9 Å². The Morgan fingerprint density at radius 3 is 2.74 bits per heavy atom. The molecule has 0 spiro atoms. The van der Waals surface area contributed by atoms with Crippen molar-refractivity contribution < 1.29 is 18.7 Å². The van der Waals surface area contributed by atoms with Crippen LogP contribution in [-0.2, 0) is 22.5 Å². The van der Waals surface area contributed by atoms with Crippen molar-refractivity contribution in [3.63, 3.8) is 0 Å². The van der Waals surface area contributed by atoms with E-state index in [0.29, 0.717) is 30.2 Å². The van der Waals surface area contributed by atoms with Crippen molar-refractivity contribution in [1.29, 1.82) is 0 Å². The molecule has 0 radical (unpaired) electrons. The molecule has 2 aliphatic heterocycles. The zero-order valence-corrected chi connectivity index (χ0v) is 20.5. The quantitative estimate of drug-likeness (QED) is 0.568. The molecule has 1 saturated carbocycles. The maximum Gasteiger partial charge on any atom is 0.232 e. The second-order valence-electron chi connectivity index (χ2n) is 10.00. The molecule has 182 valence electrons. The van der Waals surface area contributed by atoms with E-state index in [2.05, 4.69) is 29.2 Å². The molecular weight excluding hydrogens is 454 g/mol. The summed E-state index contributed by atoms with van der Waals surface area (Å²) in [4.78, 5) is 14.4. The second-order valence-corrected chi connectivity index (χ2v) is 11.1. The van der Waals surface area contributed by atoms with Crippen LogP contribution in [0.3, 0.4) is 0 Å². The van der Waals surface area contributed by atoms with E-state index in [9.17, 15) is 0 Å². The Bertz CT molecular complexity index is 1130. The minimum atomic E-state index is -0.214. The molecule has 3 aliphatic rings. The number of rotatable bonds is 5. The number of ether oxygens (including phenoxy) is 3. The highest BCUT2D eigenvalue weighted by atomic mass is 32.1. The van der Waals surface area contributed by atoms with Gasteiger partial charge >= 0.3 is 0 Å². The maximum absolute atomic E-state index is 6.65. The fourth-order valence-corrected chi connectivity index (χ4v) is 6.37. The predicted octanol–water partition coefficient (Wildman–Crippen LogP) is 4.30. The number of fused-ring (bicyclic) bond motifs is 3. The lowest BCUT2D eigenvalue weighted by molar-refractivity contribution is -0.0379. The van der Waals surface area contributed by atoms with Gasteiger partial charge in [0.05, 0.1) is 37.0 Å². The molecule has 5 heterocycles. The van der Waals surface area contributed by atoms with Crippen LogP contribution in [0.15, 0.2) is 17.0 Å². The Morgan fingerprint density at radius 1 is 1.15 bits per heavy atom. The molecule has 6 rings (SSSR count).